The number of carbonyl (C=O) groups is 2. The van der Waals surface area contributed by atoms with Gasteiger partial charge in [-0.05, 0) is 18.8 Å². The third-order valence-corrected chi connectivity index (χ3v) is 4.13. The Morgan fingerprint density at radius 3 is 2.50 bits per heavy atom. The summed E-state index contributed by atoms with van der Waals surface area (Å²) in [5.41, 5.74) is 0. The van der Waals surface area contributed by atoms with Crippen molar-refractivity contribution in [3.05, 3.63) is 0 Å². The number of amides is 2. The highest BCUT2D eigenvalue weighted by Crippen LogP contribution is 2.27. The lowest BCUT2D eigenvalue weighted by Crippen LogP contribution is -2.52. The average Bonchev–Trinajstić information content (AvgIpc) is 2.34. The number of rotatable bonds is 4. The highest BCUT2D eigenvalue weighted by Gasteiger charge is 2.31. The van der Waals surface area contributed by atoms with Crippen LogP contribution in [0.15, 0.2) is 0 Å². The van der Waals surface area contributed by atoms with Crippen molar-refractivity contribution >= 4 is 24.4 Å². The standard InChI is InChI=1S/C13H24N2O2S/c1-9-6-4-5-7-12(9)15(3)13(17)11(8-18)14-10(2)16/h9,11-12,18H,4-8H2,1-3H3,(H,14,16). The van der Waals surface area contributed by atoms with Gasteiger partial charge < -0.3 is 10.2 Å². The monoisotopic (exact) mass is 272 g/mol. The SMILES string of the molecule is CC(=O)NC(CS)C(=O)N(C)C1CCCCC1C. The van der Waals surface area contributed by atoms with Crippen LogP contribution < -0.4 is 5.32 Å². The Labute approximate surface area is 115 Å². The second kappa shape index (κ2) is 7.02. The van der Waals surface area contributed by atoms with Gasteiger partial charge in [-0.2, -0.15) is 12.6 Å². The fourth-order valence-electron chi connectivity index (χ4n) is 2.71. The van der Waals surface area contributed by atoms with Crippen molar-refractivity contribution in [2.24, 2.45) is 5.92 Å². The molecule has 0 saturated heterocycles. The minimum atomic E-state index is -0.509. The van der Waals surface area contributed by atoms with Crippen molar-refractivity contribution in [3.8, 4) is 0 Å². The van der Waals surface area contributed by atoms with Gasteiger partial charge in [-0.1, -0.05) is 19.8 Å². The van der Waals surface area contributed by atoms with E-state index in [1.54, 1.807) is 4.90 Å². The molecule has 1 fully saturated rings. The summed E-state index contributed by atoms with van der Waals surface area (Å²) >= 11 is 4.15. The van der Waals surface area contributed by atoms with Crippen LogP contribution >= 0.6 is 12.6 Å². The van der Waals surface area contributed by atoms with E-state index >= 15 is 0 Å². The number of thiol groups is 1. The summed E-state index contributed by atoms with van der Waals surface area (Å²) in [4.78, 5) is 25.2. The van der Waals surface area contributed by atoms with Gasteiger partial charge in [-0.25, -0.2) is 0 Å². The number of nitrogens with zero attached hydrogens (tertiary/aromatic N) is 1. The van der Waals surface area contributed by atoms with Crippen LogP contribution in [0.1, 0.15) is 39.5 Å². The van der Waals surface area contributed by atoms with E-state index in [4.69, 9.17) is 0 Å². The molecule has 18 heavy (non-hydrogen) atoms. The molecule has 0 aromatic rings. The molecule has 5 heteroatoms. The van der Waals surface area contributed by atoms with Gasteiger partial charge in [0, 0.05) is 25.8 Å². The highest BCUT2D eigenvalue weighted by atomic mass is 32.1. The van der Waals surface area contributed by atoms with E-state index in [2.05, 4.69) is 24.9 Å². The minimum absolute atomic E-state index is 0.0288. The number of likely N-dealkylation sites (N-methyl/N-ethyl adjacent to an activating group) is 1. The van der Waals surface area contributed by atoms with E-state index in [9.17, 15) is 9.59 Å². The number of hydrogen-bond acceptors (Lipinski definition) is 3. The van der Waals surface area contributed by atoms with Crippen LogP contribution in [0.4, 0.5) is 0 Å². The molecule has 1 saturated carbocycles. The molecule has 0 bridgehead atoms. The quantitative estimate of drug-likeness (QED) is 0.761. The second-order valence-corrected chi connectivity index (χ2v) is 5.58. The van der Waals surface area contributed by atoms with Crippen LogP contribution in [-0.2, 0) is 9.59 Å². The molecule has 0 aromatic heterocycles. The molecule has 0 heterocycles. The van der Waals surface area contributed by atoms with E-state index in [-0.39, 0.29) is 11.8 Å². The van der Waals surface area contributed by atoms with E-state index in [0.717, 1.165) is 6.42 Å². The Balaban J connectivity index is 2.65. The van der Waals surface area contributed by atoms with Crippen LogP contribution in [0, 0.1) is 5.92 Å². The zero-order valence-corrected chi connectivity index (χ0v) is 12.4. The van der Waals surface area contributed by atoms with Gasteiger partial charge in [0.2, 0.25) is 11.8 Å². The number of nitrogens with one attached hydrogen (secondary N) is 1. The first-order valence-corrected chi connectivity index (χ1v) is 7.25. The molecule has 1 aliphatic rings. The van der Waals surface area contributed by atoms with Crippen LogP contribution in [0.5, 0.6) is 0 Å². The van der Waals surface area contributed by atoms with E-state index in [1.807, 2.05) is 7.05 Å². The van der Waals surface area contributed by atoms with Crippen molar-refractivity contribution in [1.29, 1.82) is 0 Å². The number of hydrogen-bond donors (Lipinski definition) is 2. The van der Waals surface area contributed by atoms with E-state index < -0.39 is 6.04 Å². The molecule has 1 aliphatic carbocycles. The summed E-state index contributed by atoms with van der Waals surface area (Å²) in [6, 6.07) is -0.215. The highest BCUT2D eigenvalue weighted by molar-refractivity contribution is 7.80. The first-order chi connectivity index (χ1) is 8.47. The summed E-state index contributed by atoms with van der Waals surface area (Å²) < 4.78 is 0. The molecule has 1 rings (SSSR count). The smallest absolute Gasteiger partial charge is 0.245 e. The molecule has 0 radical (unpaired) electrons. The third kappa shape index (κ3) is 3.90. The van der Waals surface area contributed by atoms with Crippen LogP contribution in [-0.4, -0.2) is 41.6 Å². The molecule has 3 atom stereocenters. The summed E-state index contributed by atoms with van der Waals surface area (Å²) in [5.74, 6) is 0.654. The van der Waals surface area contributed by atoms with Gasteiger partial charge in [0.05, 0.1) is 0 Å². The Morgan fingerprint density at radius 2 is 2.00 bits per heavy atom. The average molecular weight is 272 g/mol. The van der Waals surface area contributed by atoms with E-state index in [1.165, 1.54) is 26.2 Å². The molecule has 104 valence electrons. The van der Waals surface area contributed by atoms with Crippen molar-refractivity contribution < 1.29 is 9.59 Å². The van der Waals surface area contributed by atoms with Gasteiger partial charge in [0.25, 0.3) is 0 Å². The Bertz CT molecular complexity index is 309. The Morgan fingerprint density at radius 1 is 1.39 bits per heavy atom. The first-order valence-electron chi connectivity index (χ1n) is 6.62. The molecular formula is C13H24N2O2S. The second-order valence-electron chi connectivity index (χ2n) is 5.21. The third-order valence-electron chi connectivity index (χ3n) is 3.77. The Kier molecular flexibility index (Phi) is 5.99. The molecule has 3 unspecified atom stereocenters. The fraction of sp³-hybridized carbons (Fsp3) is 0.846. The van der Waals surface area contributed by atoms with Crippen molar-refractivity contribution in [1.82, 2.24) is 10.2 Å². The first kappa shape index (κ1) is 15.3. The number of carbonyl (C=O) groups excluding carboxylic acids is 2. The largest absolute Gasteiger partial charge is 0.344 e. The summed E-state index contributed by atoms with van der Waals surface area (Å²) in [5, 5.41) is 2.66. The normalized spacial score (nSPS) is 25.3. The lowest BCUT2D eigenvalue weighted by atomic mass is 9.85. The lowest BCUT2D eigenvalue weighted by Gasteiger charge is -2.37. The zero-order chi connectivity index (χ0) is 13.7. The molecule has 2 amide bonds. The Hall–Kier alpha value is -0.710. The molecule has 0 aromatic carbocycles. The van der Waals surface area contributed by atoms with E-state index in [0.29, 0.717) is 17.7 Å². The summed E-state index contributed by atoms with van der Waals surface area (Å²) in [6.07, 6.45) is 4.66. The molecular weight excluding hydrogens is 248 g/mol. The van der Waals surface area contributed by atoms with Crippen molar-refractivity contribution in [2.75, 3.05) is 12.8 Å². The van der Waals surface area contributed by atoms with Gasteiger partial charge in [-0.15, -0.1) is 0 Å². The van der Waals surface area contributed by atoms with Gasteiger partial charge >= 0.3 is 0 Å². The topological polar surface area (TPSA) is 49.4 Å². The van der Waals surface area contributed by atoms with Gasteiger partial charge in [0.15, 0.2) is 0 Å². The minimum Gasteiger partial charge on any atom is -0.344 e. The lowest BCUT2D eigenvalue weighted by molar-refractivity contribution is -0.137. The van der Waals surface area contributed by atoms with Gasteiger partial charge in [0.1, 0.15) is 6.04 Å². The molecule has 4 nitrogen and oxygen atoms in total. The maximum atomic E-state index is 12.3. The molecule has 0 spiro atoms. The maximum absolute atomic E-state index is 12.3. The van der Waals surface area contributed by atoms with Gasteiger partial charge in [-0.3, -0.25) is 9.59 Å². The summed E-state index contributed by atoms with van der Waals surface area (Å²) in [6.45, 7) is 3.62. The molecule has 1 N–H and O–H groups in total. The summed E-state index contributed by atoms with van der Waals surface area (Å²) in [7, 11) is 1.84. The van der Waals surface area contributed by atoms with Crippen molar-refractivity contribution in [3.63, 3.8) is 0 Å². The van der Waals surface area contributed by atoms with Crippen LogP contribution in [0.25, 0.3) is 0 Å². The van der Waals surface area contributed by atoms with Crippen LogP contribution in [0.2, 0.25) is 0 Å². The van der Waals surface area contributed by atoms with Crippen molar-refractivity contribution in [2.45, 2.75) is 51.6 Å². The molecule has 0 aliphatic heterocycles. The zero-order valence-electron chi connectivity index (χ0n) is 11.5. The predicted octanol–water partition coefficient (Wildman–Crippen LogP) is 1.46. The fourth-order valence-corrected chi connectivity index (χ4v) is 2.96. The van der Waals surface area contributed by atoms with Crippen LogP contribution in [0.3, 0.4) is 0 Å². The maximum Gasteiger partial charge on any atom is 0.245 e. The predicted molar refractivity (Wildman–Crippen MR) is 75.6 cm³/mol.